The van der Waals surface area contributed by atoms with Gasteiger partial charge in [0, 0.05) is 25.2 Å². The maximum atomic E-state index is 13.3. The molecule has 8 heteroatoms. The van der Waals surface area contributed by atoms with E-state index in [0.29, 0.717) is 30.9 Å². The quantitative estimate of drug-likeness (QED) is 0.450. The number of rotatable bonds is 5. The Morgan fingerprint density at radius 2 is 1.89 bits per heavy atom. The molecule has 5 aliphatic rings. The summed E-state index contributed by atoms with van der Waals surface area (Å²) in [6.07, 6.45) is 5.76. The maximum absolute atomic E-state index is 13.3. The Hall–Kier alpha value is -3.07. The molecule has 0 unspecified atom stereocenters. The van der Waals surface area contributed by atoms with Gasteiger partial charge in [0.1, 0.15) is 11.9 Å². The Morgan fingerprint density at radius 1 is 1.13 bits per heavy atom. The number of amides is 1. The molecule has 0 radical (unpaired) electrons. The van der Waals surface area contributed by atoms with Gasteiger partial charge in [0.15, 0.2) is 11.5 Å². The first-order valence-corrected chi connectivity index (χ1v) is 13.7. The van der Waals surface area contributed by atoms with Gasteiger partial charge in [-0.3, -0.25) is 9.69 Å². The smallest absolute Gasteiger partial charge is 0.246 e. The Kier molecular flexibility index (Phi) is 5.19. The average Bonchev–Trinajstić information content (AvgIpc) is 3.65. The van der Waals surface area contributed by atoms with Crippen LogP contribution in [0.4, 0.5) is 0 Å². The van der Waals surface area contributed by atoms with Gasteiger partial charge in [-0.15, -0.1) is 0 Å². The molecule has 2 aliphatic heterocycles. The summed E-state index contributed by atoms with van der Waals surface area (Å²) in [5, 5.41) is 44.6. The highest BCUT2D eigenvalue weighted by Crippen LogP contribution is 2.67. The van der Waals surface area contributed by atoms with Crippen LogP contribution in [0, 0.1) is 5.92 Å². The summed E-state index contributed by atoms with van der Waals surface area (Å²) < 4.78 is 6.53. The second-order valence-electron chi connectivity index (χ2n) is 11.9. The van der Waals surface area contributed by atoms with Crippen LogP contribution in [0.15, 0.2) is 42.5 Å². The number of nitrogens with zero attached hydrogens (tertiary/aromatic N) is 2. The fourth-order valence-corrected chi connectivity index (χ4v) is 7.95. The van der Waals surface area contributed by atoms with Crippen molar-refractivity contribution in [2.45, 2.75) is 67.4 Å². The van der Waals surface area contributed by atoms with Crippen LogP contribution in [0.3, 0.4) is 0 Å². The minimum Gasteiger partial charge on any atom is -0.508 e. The van der Waals surface area contributed by atoms with Crippen molar-refractivity contribution in [1.29, 1.82) is 0 Å². The lowest BCUT2D eigenvalue weighted by Gasteiger charge is -2.65. The molecule has 2 aromatic carbocycles. The van der Waals surface area contributed by atoms with Gasteiger partial charge in [-0.2, -0.15) is 0 Å². The van der Waals surface area contributed by atoms with Gasteiger partial charge < -0.3 is 30.1 Å². The zero-order valence-electron chi connectivity index (χ0n) is 21.5. The van der Waals surface area contributed by atoms with Crippen molar-refractivity contribution in [2.75, 3.05) is 20.1 Å². The number of hydrogen-bond acceptors (Lipinski definition) is 7. The highest BCUT2D eigenvalue weighted by Gasteiger charge is 2.75. The lowest BCUT2D eigenvalue weighted by atomic mass is 9.47. The van der Waals surface area contributed by atoms with Crippen molar-refractivity contribution in [3.63, 3.8) is 0 Å². The SMILES string of the molecule is CN(C(=O)/C=C/c1ccc(O)cc1)[C@@H]1CC[C@@]2(O)[C@H]3[C@@H](O)c4ccc(O)c5c4[C@@]2(CCN3CC2CC2)[C@H]1O5. The van der Waals surface area contributed by atoms with Crippen LogP contribution in [0.25, 0.3) is 6.08 Å². The number of benzene rings is 2. The summed E-state index contributed by atoms with van der Waals surface area (Å²) in [6, 6.07) is 9.20. The minimum atomic E-state index is -1.24. The van der Waals surface area contributed by atoms with E-state index in [2.05, 4.69) is 4.90 Å². The van der Waals surface area contributed by atoms with E-state index in [0.717, 1.165) is 29.8 Å². The number of hydrogen-bond donors (Lipinski definition) is 4. The third-order valence-electron chi connectivity index (χ3n) is 9.93. The van der Waals surface area contributed by atoms with E-state index in [4.69, 9.17) is 4.74 Å². The molecule has 0 aromatic heterocycles. The van der Waals surface area contributed by atoms with E-state index in [1.807, 2.05) is 0 Å². The van der Waals surface area contributed by atoms with Crippen LogP contribution in [-0.2, 0) is 10.2 Å². The summed E-state index contributed by atoms with van der Waals surface area (Å²) in [7, 11) is 1.76. The molecule has 8 nitrogen and oxygen atoms in total. The molecule has 200 valence electrons. The number of carbonyl (C=O) groups excluding carboxylic acids is 1. The van der Waals surface area contributed by atoms with E-state index in [-0.39, 0.29) is 23.4 Å². The predicted octanol–water partition coefficient (Wildman–Crippen LogP) is 2.69. The molecule has 1 amide bonds. The zero-order valence-corrected chi connectivity index (χ0v) is 21.5. The number of carbonyl (C=O) groups is 1. The van der Waals surface area contributed by atoms with E-state index >= 15 is 0 Å². The summed E-state index contributed by atoms with van der Waals surface area (Å²) in [5.41, 5.74) is 0.187. The summed E-state index contributed by atoms with van der Waals surface area (Å²) >= 11 is 0. The molecular weight excluding hydrogens is 484 g/mol. The number of likely N-dealkylation sites (tertiary alicyclic amines) is 1. The fourth-order valence-electron chi connectivity index (χ4n) is 7.95. The van der Waals surface area contributed by atoms with Crippen molar-refractivity contribution in [3.05, 3.63) is 59.2 Å². The molecular formula is C30H34N2O6. The number of aliphatic hydroxyl groups excluding tert-OH is 1. The van der Waals surface area contributed by atoms with Crippen molar-refractivity contribution >= 4 is 12.0 Å². The third kappa shape index (κ3) is 3.17. The van der Waals surface area contributed by atoms with Crippen LogP contribution in [0.5, 0.6) is 17.2 Å². The topological polar surface area (TPSA) is 114 Å². The first kappa shape index (κ1) is 24.0. The van der Waals surface area contributed by atoms with E-state index in [9.17, 15) is 25.2 Å². The molecule has 38 heavy (non-hydrogen) atoms. The number of likely N-dealkylation sites (N-methyl/N-ethyl adjacent to an activating group) is 1. The van der Waals surface area contributed by atoms with Crippen molar-refractivity contribution in [2.24, 2.45) is 5.92 Å². The van der Waals surface area contributed by atoms with Gasteiger partial charge in [-0.1, -0.05) is 18.2 Å². The lowest BCUT2D eigenvalue weighted by molar-refractivity contribution is -0.223. The van der Waals surface area contributed by atoms with Gasteiger partial charge in [0.05, 0.1) is 29.2 Å². The summed E-state index contributed by atoms with van der Waals surface area (Å²) in [6.45, 7) is 1.59. The van der Waals surface area contributed by atoms with Crippen molar-refractivity contribution < 1.29 is 30.0 Å². The number of phenols is 2. The van der Waals surface area contributed by atoms with Gasteiger partial charge in [-0.25, -0.2) is 0 Å². The Labute approximate surface area is 221 Å². The molecule has 2 bridgehead atoms. The average molecular weight is 519 g/mol. The van der Waals surface area contributed by atoms with Crippen LogP contribution >= 0.6 is 0 Å². The van der Waals surface area contributed by atoms with E-state index < -0.39 is 29.3 Å². The Morgan fingerprint density at radius 3 is 2.63 bits per heavy atom. The van der Waals surface area contributed by atoms with Crippen LogP contribution < -0.4 is 4.74 Å². The minimum absolute atomic E-state index is 0.000825. The molecule has 6 atom stereocenters. The molecule has 1 saturated heterocycles. The van der Waals surface area contributed by atoms with Gasteiger partial charge in [-0.05, 0) is 80.0 Å². The van der Waals surface area contributed by atoms with E-state index in [1.54, 1.807) is 54.4 Å². The predicted molar refractivity (Wildman–Crippen MR) is 140 cm³/mol. The summed E-state index contributed by atoms with van der Waals surface area (Å²) in [4.78, 5) is 17.3. The lowest BCUT2D eigenvalue weighted by Crippen LogP contribution is -2.79. The third-order valence-corrected chi connectivity index (χ3v) is 9.93. The van der Waals surface area contributed by atoms with Gasteiger partial charge in [0.2, 0.25) is 5.91 Å². The van der Waals surface area contributed by atoms with Gasteiger partial charge in [0.25, 0.3) is 0 Å². The number of phenolic OH excluding ortho intramolecular Hbond substituents is 2. The Balaban J connectivity index is 1.26. The molecule has 2 saturated carbocycles. The zero-order chi connectivity index (χ0) is 26.4. The number of piperidine rings is 1. The molecule has 4 N–H and O–H groups in total. The second-order valence-corrected chi connectivity index (χ2v) is 11.9. The largest absolute Gasteiger partial charge is 0.508 e. The standard InChI is InChI=1S/C30H34N2O6/c1-31(23(35)11-6-17-4-7-19(33)8-5-17)21-12-13-30(37)27-25(36)20-9-10-22(34)26-24(20)29(30,28(21)38-26)14-15-32(27)16-18-2-3-18/h4-11,18,21,25,27-28,33-34,36-37H,2-3,12-16H2,1H3/b11-6+/t21-,25+,27-,28+,29+,30-/m1/s1. The molecule has 2 aromatic rings. The van der Waals surface area contributed by atoms with Crippen molar-refractivity contribution in [3.8, 4) is 17.2 Å². The van der Waals surface area contributed by atoms with Crippen molar-refractivity contribution in [1.82, 2.24) is 9.80 Å². The Bertz CT molecular complexity index is 1320. The molecule has 1 spiro atoms. The molecule has 3 aliphatic carbocycles. The van der Waals surface area contributed by atoms with Crippen LogP contribution in [0.2, 0.25) is 0 Å². The monoisotopic (exact) mass is 518 g/mol. The number of aliphatic hydroxyl groups is 2. The number of aromatic hydroxyl groups is 2. The first-order valence-electron chi connectivity index (χ1n) is 13.7. The van der Waals surface area contributed by atoms with Gasteiger partial charge >= 0.3 is 0 Å². The summed E-state index contributed by atoms with van der Waals surface area (Å²) in [5.74, 6) is 0.937. The van der Waals surface area contributed by atoms with E-state index in [1.165, 1.54) is 18.9 Å². The van der Waals surface area contributed by atoms with Crippen LogP contribution in [0.1, 0.15) is 54.9 Å². The fraction of sp³-hybridized carbons (Fsp3) is 0.500. The maximum Gasteiger partial charge on any atom is 0.246 e. The first-order chi connectivity index (χ1) is 18.2. The van der Waals surface area contributed by atoms with Crippen LogP contribution in [-0.4, -0.2) is 80.1 Å². The molecule has 7 rings (SSSR count). The molecule has 2 heterocycles. The number of ether oxygens (including phenoxy) is 1. The normalized spacial score (nSPS) is 35.1. The molecule has 3 fully saturated rings. The second kappa shape index (κ2) is 8.21. The highest BCUT2D eigenvalue weighted by molar-refractivity contribution is 5.92. The highest BCUT2D eigenvalue weighted by atomic mass is 16.5.